The van der Waals surface area contributed by atoms with Gasteiger partial charge in [-0.15, -0.1) is 11.3 Å². The molecule has 7 heteroatoms. The second kappa shape index (κ2) is 8.61. The summed E-state index contributed by atoms with van der Waals surface area (Å²) in [4.78, 5) is 21.4. The molecule has 2 aromatic carbocycles. The quantitative estimate of drug-likeness (QED) is 0.640. The summed E-state index contributed by atoms with van der Waals surface area (Å²) < 4.78 is 18.3. The molecule has 0 aliphatic carbocycles. The zero-order valence-electron chi connectivity index (χ0n) is 16.2. The van der Waals surface area contributed by atoms with Crippen LogP contribution < -0.4 is 9.64 Å². The molecule has 0 atom stereocenters. The lowest BCUT2D eigenvalue weighted by Gasteiger charge is -2.36. The summed E-state index contributed by atoms with van der Waals surface area (Å²) in [5, 5.41) is 2.85. The fourth-order valence-electron chi connectivity index (χ4n) is 3.39. The number of methoxy groups -OCH3 is 1. The van der Waals surface area contributed by atoms with E-state index in [1.807, 2.05) is 34.5 Å². The number of halogens is 1. The fourth-order valence-corrected chi connectivity index (χ4v) is 4.21. The van der Waals surface area contributed by atoms with E-state index >= 15 is 0 Å². The Hall–Kier alpha value is -2.93. The Morgan fingerprint density at radius 2 is 1.76 bits per heavy atom. The van der Waals surface area contributed by atoms with Crippen LogP contribution in [-0.4, -0.2) is 49.1 Å². The smallest absolute Gasteiger partial charge is 0.228 e. The second-order valence-corrected chi connectivity index (χ2v) is 7.75. The van der Waals surface area contributed by atoms with E-state index in [1.165, 1.54) is 12.1 Å². The summed E-state index contributed by atoms with van der Waals surface area (Å²) in [5.41, 5.74) is 2.80. The highest BCUT2D eigenvalue weighted by atomic mass is 32.1. The average molecular weight is 412 g/mol. The maximum Gasteiger partial charge on any atom is 0.228 e. The third-order valence-electron chi connectivity index (χ3n) is 5.05. The van der Waals surface area contributed by atoms with Gasteiger partial charge in [-0.1, -0.05) is 0 Å². The molecule has 1 aromatic heterocycles. The Morgan fingerprint density at radius 3 is 2.41 bits per heavy atom. The normalized spacial score (nSPS) is 14.1. The highest BCUT2D eigenvalue weighted by Crippen LogP contribution is 2.26. The summed E-state index contributed by atoms with van der Waals surface area (Å²) in [5.74, 6) is 0.663. The van der Waals surface area contributed by atoms with Crippen molar-refractivity contribution in [3.8, 4) is 16.3 Å². The molecule has 0 bridgehead atoms. The molecule has 4 rings (SSSR count). The van der Waals surface area contributed by atoms with E-state index in [9.17, 15) is 9.18 Å². The third kappa shape index (κ3) is 4.56. The number of carbonyl (C=O) groups excluding carboxylic acids is 1. The summed E-state index contributed by atoms with van der Waals surface area (Å²) in [6, 6.07) is 14.2. The van der Waals surface area contributed by atoms with Crippen LogP contribution >= 0.6 is 11.3 Å². The molecule has 0 radical (unpaired) electrons. The minimum atomic E-state index is -0.236. The first-order valence-electron chi connectivity index (χ1n) is 9.49. The van der Waals surface area contributed by atoms with Crippen LogP contribution in [0.25, 0.3) is 10.6 Å². The van der Waals surface area contributed by atoms with Crippen molar-refractivity contribution in [2.24, 2.45) is 0 Å². The molecule has 1 aliphatic heterocycles. The first-order valence-corrected chi connectivity index (χ1v) is 10.4. The van der Waals surface area contributed by atoms with Crippen molar-refractivity contribution in [2.75, 3.05) is 38.2 Å². The average Bonchev–Trinajstić information content (AvgIpc) is 3.23. The van der Waals surface area contributed by atoms with E-state index in [2.05, 4.69) is 9.88 Å². The van der Waals surface area contributed by atoms with Crippen molar-refractivity contribution < 1.29 is 13.9 Å². The highest BCUT2D eigenvalue weighted by molar-refractivity contribution is 7.13. The van der Waals surface area contributed by atoms with Gasteiger partial charge in [0, 0.05) is 42.8 Å². The summed E-state index contributed by atoms with van der Waals surface area (Å²) in [7, 11) is 1.64. The van der Waals surface area contributed by atoms with Crippen LogP contribution in [0.3, 0.4) is 0 Å². The van der Waals surface area contributed by atoms with Crippen molar-refractivity contribution in [2.45, 2.75) is 6.42 Å². The van der Waals surface area contributed by atoms with Gasteiger partial charge in [-0.05, 0) is 48.5 Å². The Kier molecular flexibility index (Phi) is 5.76. The van der Waals surface area contributed by atoms with E-state index in [0.717, 1.165) is 40.8 Å². The lowest BCUT2D eigenvalue weighted by molar-refractivity contribution is -0.130. The molecule has 1 fully saturated rings. The van der Waals surface area contributed by atoms with Gasteiger partial charge in [-0.3, -0.25) is 4.79 Å². The molecule has 0 saturated carbocycles. The molecule has 0 N–H and O–H groups in total. The van der Waals surface area contributed by atoms with Gasteiger partial charge in [0.2, 0.25) is 5.91 Å². The minimum absolute atomic E-state index is 0.0929. The number of nitrogens with zero attached hydrogens (tertiary/aromatic N) is 3. The SMILES string of the molecule is COc1ccc(-c2nc(CC(=O)N3CCN(c4ccc(F)cc4)CC3)cs2)cc1. The van der Waals surface area contributed by atoms with Gasteiger partial charge in [0.05, 0.1) is 19.2 Å². The monoisotopic (exact) mass is 411 g/mol. The van der Waals surface area contributed by atoms with Crippen molar-refractivity contribution in [1.82, 2.24) is 9.88 Å². The van der Waals surface area contributed by atoms with Gasteiger partial charge in [-0.2, -0.15) is 0 Å². The van der Waals surface area contributed by atoms with Crippen molar-refractivity contribution >= 4 is 22.9 Å². The number of thiazole rings is 1. The number of rotatable bonds is 5. The van der Waals surface area contributed by atoms with Crippen LogP contribution in [0.2, 0.25) is 0 Å². The molecular weight excluding hydrogens is 389 g/mol. The maximum absolute atomic E-state index is 13.1. The summed E-state index contributed by atoms with van der Waals surface area (Å²) >= 11 is 1.54. The first-order chi connectivity index (χ1) is 14.1. The molecule has 29 heavy (non-hydrogen) atoms. The largest absolute Gasteiger partial charge is 0.497 e. The van der Waals surface area contributed by atoms with Crippen LogP contribution in [0.1, 0.15) is 5.69 Å². The van der Waals surface area contributed by atoms with E-state index in [-0.39, 0.29) is 11.7 Å². The molecule has 1 amide bonds. The Labute approximate surface area is 173 Å². The zero-order valence-corrected chi connectivity index (χ0v) is 17.0. The Balaban J connectivity index is 1.33. The number of hydrogen-bond acceptors (Lipinski definition) is 5. The van der Waals surface area contributed by atoms with Crippen LogP contribution in [-0.2, 0) is 11.2 Å². The Bertz CT molecular complexity index is 964. The molecule has 5 nitrogen and oxygen atoms in total. The molecule has 1 saturated heterocycles. The van der Waals surface area contributed by atoms with E-state index < -0.39 is 0 Å². The van der Waals surface area contributed by atoms with Crippen molar-refractivity contribution in [3.63, 3.8) is 0 Å². The minimum Gasteiger partial charge on any atom is -0.497 e. The number of amides is 1. The van der Waals surface area contributed by atoms with Gasteiger partial charge >= 0.3 is 0 Å². The van der Waals surface area contributed by atoms with E-state index in [4.69, 9.17) is 4.74 Å². The maximum atomic E-state index is 13.1. The second-order valence-electron chi connectivity index (χ2n) is 6.89. The lowest BCUT2D eigenvalue weighted by Crippen LogP contribution is -2.49. The van der Waals surface area contributed by atoms with E-state index in [0.29, 0.717) is 19.5 Å². The number of anilines is 1. The number of hydrogen-bond donors (Lipinski definition) is 0. The molecule has 0 spiro atoms. The first kappa shape index (κ1) is 19.4. The molecule has 2 heterocycles. The summed E-state index contributed by atoms with van der Waals surface area (Å²) in [6.45, 7) is 2.80. The third-order valence-corrected chi connectivity index (χ3v) is 5.99. The highest BCUT2D eigenvalue weighted by Gasteiger charge is 2.22. The predicted molar refractivity (Wildman–Crippen MR) is 113 cm³/mol. The van der Waals surface area contributed by atoms with Crippen molar-refractivity contribution in [1.29, 1.82) is 0 Å². The number of ether oxygens (including phenoxy) is 1. The summed E-state index contributed by atoms with van der Waals surface area (Å²) in [6.07, 6.45) is 0.309. The van der Waals surface area contributed by atoms with Crippen LogP contribution in [0.4, 0.5) is 10.1 Å². The van der Waals surface area contributed by atoms with Gasteiger partial charge in [0.1, 0.15) is 16.6 Å². The standard InChI is InChI=1S/C22H22FN3O2S/c1-28-20-8-2-16(3-9-20)22-24-18(15-29-22)14-21(27)26-12-10-25(11-13-26)19-6-4-17(23)5-7-19/h2-9,15H,10-14H2,1H3. The lowest BCUT2D eigenvalue weighted by atomic mass is 10.2. The van der Waals surface area contributed by atoms with Gasteiger partial charge < -0.3 is 14.5 Å². The van der Waals surface area contributed by atoms with Crippen molar-refractivity contribution in [3.05, 3.63) is 65.4 Å². The van der Waals surface area contributed by atoms with Gasteiger partial charge in [0.15, 0.2) is 0 Å². The Morgan fingerprint density at radius 1 is 1.07 bits per heavy atom. The predicted octanol–water partition coefficient (Wildman–Crippen LogP) is 3.85. The number of carbonyl (C=O) groups is 1. The number of piperazine rings is 1. The van der Waals surface area contributed by atoms with E-state index in [1.54, 1.807) is 30.6 Å². The molecule has 3 aromatic rings. The fraction of sp³-hybridized carbons (Fsp3) is 0.273. The molecular formula is C22H22FN3O2S. The van der Waals surface area contributed by atoms with Crippen LogP contribution in [0.5, 0.6) is 5.75 Å². The molecule has 0 unspecified atom stereocenters. The van der Waals surface area contributed by atoms with Gasteiger partial charge in [0.25, 0.3) is 0 Å². The van der Waals surface area contributed by atoms with Crippen LogP contribution in [0, 0.1) is 5.82 Å². The molecule has 150 valence electrons. The molecule has 1 aliphatic rings. The topological polar surface area (TPSA) is 45.7 Å². The van der Waals surface area contributed by atoms with Crippen LogP contribution in [0.15, 0.2) is 53.9 Å². The number of aromatic nitrogens is 1. The number of benzene rings is 2. The zero-order chi connectivity index (χ0) is 20.2. The van der Waals surface area contributed by atoms with Gasteiger partial charge in [-0.25, -0.2) is 9.37 Å².